The molecule has 27 heavy (non-hydrogen) atoms. The summed E-state index contributed by atoms with van der Waals surface area (Å²) in [5.41, 5.74) is 3.78. The lowest BCUT2D eigenvalue weighted by molar-refractivity contribution is 0.354. The van der Waals surface area contributed by atoms with Crippen molar-refractivity contribution in [2.75, 3.05) is 7.05 Å². The zero-order chi connectivity index (χ0) is 18.6. The molecule has 3 heteroatoms. The summed E-state index contributed by atoms with van der Waals surface area (Å²) >= 11 is 0. The van der Waals surface area contributed by atoms with Gasteiger partial charge in [0.25, 0.3) is 0 Å². The van der Waals surface area contributed by atoms with Gasteiger partial charge in [-0.2, -0.15) is 0 Å². The van der Waals surface area contributed by atoms with Gasteiger partial charge in [0.15, 0.2) is 5.96 Å². The maximum Gasteiger partial charge on any atom is 0.195 e. The topological polar surface area (TPSA) is 27.6 Å². The van der Waals surface area contributed by atoms with Crippen molar-refractivity contribution in [1.82, 2.24) is 10.2 Å². The van der Waals surface area contributed by atoms with Crippen molar-refractivity contribution in [3.05, 3.63) is 108 Å². The van der Waals surface area contributed by atoms with E-state index in [-0.39, 0.29) is 18.1 Å². The Hall–Kier alpha value is -3.07. The number of rotatable bonds is 4. The molecule has 3 aromatic rings. The number of hydrogen-bond acceptors (Lipinski definition) is 3. The summed E-state index contributed by atoms with van der Waals surface area (Å²) in [5.74, 6) is 0.939. The van der Waals surface area contributed by atoms with Crippen LogP contribution < -0.4 is 5.32 Å². The van der Waals surface area contributed by atoms with Gasteiger partial charge in [0, 0.05) is 7.05 Å². The van der Waals surface area contributed by atoms with Crippen molar-refractivity contribution in [2.24, 2.45) is 4.99 Å². The minimum Gasteiger partial charge on any atom is -0.350 e. The monoisotopic (exact) mass is 355 g/mol. The van der Waals surface area contributed by atoms with E-state index in [1.807, 2.05) is 6.07 Å². The van der Waals surface area contributed by atoms with Gasteiger partial charge in [-0.15, -0.1) is 0 Å². The Bertz CT molecular complexity index is 891. The van der Waals surface area contributed by atoms with E-state index >= 15 is 0 Å². The second-order valence-electron chi connectivity index (χ2n) is 7.05. The van der Waals surface area contributed by atoms with Crippen LogP contribution >= 0.6 is 0 Å². The zero-order valence-corrected chi connectivity index (χ0v) is 15.8. The molecule has 0 fully saturated rings. The summed E-state index contributed by atoms with van der Waals surface area (Å²) < 4.78 is 0. The van der Waals surface area contributed by atoms with E-state index in [1.54, 1.807) is 0 Å². The molecule has 0 radical (unpaired) electrons. The lowest BCUT2D eigenvalue weighted by Crippen LogP contribution is -2.38. The molecule has 1 aliphatic rings. The van der Waals surface area contributed by atoms with Crippen LogP contribution in [0.25, 0.3) is 0 Å². The number of aliphatic imine (C=N–C) groups is 1. The highest BCUT2D eigenvalue weighted by atomic mass is 15.4. The smallest absolute Gasteiger partial charge is 0.195 e. The molecular formula is C24H25N3. The van der Waals surface area contributed by atoms with Gasteiger partial charge < -0.3 is 10.2 Å². The average Bonchev–Trinajstić information content (AvgIpc) is 3.06. The molecule has 3 aromatic carbocycles. The van der Waals surface area contributed by atoms with Crippen molar-refractivity contribution in [2.45, 2.75) is 25.0 Å². The number of benzene rings is 3. The Labute approximate surface area is 161 Å². The van der Waals surface area contributed by atoms with Crippen LogP contribution in [0, 0.1) is 0 Å². The van der Waals surface area contributed by atoms with Crippen LogP contribution in [0.3, 0.4) is 0 Å². The Morgan fingerprint density at radius 2 is 1.30 bits per heavy atom. The summed E-state index contributed by atoms with van der Waals surface area (Å²) in [4.78, 5) is 7.36. The van der Waals surface area contributed by atoms with Crippen LogP contribution in [0.4, 0.5) is 0 Å². The SMILES string of the molecule is C[C@H](NC1=N[C@@H](c2ccccc2)[C@H](c2ccccc2)N1C)c1ccccc1. The third-order valence-corrected chi connectivity index (χ3v) is 5.24. The van der Waals surface area contributed by atoms with Crippen molar-refractivity contribution in [1.29, 1.82) is 0 Å². The Balaban J connectivity index is 1.66. The number of guanidine groups is 1. The van der Waals surface area contributed by atoms with Crippen LogP contribution in [0.15, 0.2) is 96.0 Å². The van der Waals surface area contributed by atoms with Gasteiger partial charge in [-0.3, -0.25) is 0 Å². The van der Waals surface area contributed by atoms with Gasteiger partial charge in [-0.25, -0.2) is 4.99 Å². The number of hydrogen-bond donors (Lipinski definition) is 1. The molecule has 1 aliphatic heterocycles. The molecule has 4 rings (SSSR count). The Kier molecular flexibility index (Phi) is 4.93. The van der Waals surface area contributed by atoms with Crippen LogP contribution in [0.1, 0.15) is 41.7 Å². The molecule has 0 saturated carbocycles. The van der Waals surface area contributed by atoms with Gasteiger partial charge in [-0.05, 0) is 23.6 Å². The molecule has 136 valence electrons. The summed E-state index contributed by atoms with van der Waals surface area (Å²) in [6, 6.07) is 32.2. The molecule has 0 bridgehead atoms. The molecule has 1 N–H and O–H groups in total. The Morgan fingerprint density at radius 3 is 1.89 bits per heavy atom. The molecule has 1 heterocycles. The van der Waals surface area contributed by atoms with Crippen LogP contribution in [-0.4, -0.2) is 17.9 Å². The van der Waals surface area contributed by atoms with Gasteiger partial charge in [-0.1, -0.05) is 91.0 Å². The molecule has 0 saturated heterocycles. The van der Waals surface area contributed by atoms with E-state index in [4.69, 9.17) is 4.99 Å². The highest BCUT2D eigenvalue weighted by Gasteiger charge is 2.36. The highest BCUT2D eigenvalue weighted by Crippen LogP contribution is 2.40. The minimum atomic E-state index is 0.0732. The fraction of sp³-hybridized carbons (Fsp3) is 0.208. The third-order valence-electron chi connectivity index (χ3n) is 5.24. The maximum absolute atomic E-state index is 5.09. The second-order valence-corrected chi connectivity index (χ2v) is 7.05. The summed E-state index contributed by atoms with van der Waals surface area (Å²) in [6.45, 7) is 2.18. The van der Waals surface area contributed by atoms with E-state index in [2.05, 4.69) is 109 Å². The normalized spacial score (nSPS) is 20.2. The summed E-state index contributed by atoms with van der Waals surface area (Å²) in [6.07, 6.45) is 0. The molecule has 0 spiro atoms. The first kappa shape index (κ1) is 17.3. The molecule has 0 amide bonds. The first-order valence-corrected chi connectivity index (χ1v) is 9.46. The highest BCUT2D eigenvalue weighted by molar-refractivity contribution is 5.83. The lowest BCUT2D eigenvalue weighted by Gasteiger charge is -2.28. The van der Waals surface area contributed by atoms with E-state index in [1.165, 1.54) is 16.7 Å². The fourth-order valence-electron chi connectivity index (χ4n) is 3.76. The van der Waals surface area contributed by atoms with Gasteiger partial charge in [0.2, 0.25) is 0 Å². The van der Waals surface area contributed by atoms with E-state index in [9.17, 15) is 0 Å². The van der Waals surface area contributed by atoms with E-state index in [0.717, 1.165) is 5.96 Å². The third kappa shape index (κ3) is 3.59. The van der Waals surface area contributed by atoms with Crippen molar-refractivity contribution in [3.63, 3.8) is 0 Å². The molecule has 3 nitrogen and oxygen atoms in total. The first-order chi connectivity index (χ1) is 13.2. The molecule has 0 aromatic heterocycles. The number of nitrogens with zero attached hydrogens (tertiary/aromatic N) is 2. The summed E-state index contributed by atoms with van der Waals surface area (Å²) in [7, 11) is 2.13. The predicted octanol–water partition coefficient (Wildman–Crippen LogP) is 5.12. The van der Waals surface area contributed by atoms with Gasteiger partial charge in [0.05, 0.1) is 12.1 Å². The Morgan fingerprint density at radius 1 is 0.778 bits per heavy atom. The zero-order valence-electron chi connectivity index (χ0n) is 15.8. The minimum absolute atomic E-state index is 0.0732. The number of nitrogens with one attached hydrogen (secondary N) is 1. The van der Waals surface area contributed by atoms with Gasteiger partial charge >= 0.3 is 0 Å². The molecule has 0 unspecified atom stereocenters. The van der Waals surface area contributed by atoms with Crippen LogP contribution in [0.5, 0.6) is 0 Å². The summed E-state index contributed by atoms with van der Waals surface area (Å²) in [5, 5.41) is 3.62. The van der Waals surface area contributed by atoms with Crippen LogP contribution in [-0.2, 0) is 0 Å². The molecular weight excluding hydrogens is 330 g/mol. The molecule has 3 atom stereocenters. The average molecular weight is 355 g/mol. The predicted molar refractivity (Wildman–Crippen MR) is 112 cm³/mol. The fourth-order valence-corrected chi connectivity index (χ4v) is 3.76. The van der Waals surface area contributed by atoms with E-state index < -0.39 is 0 Å². The van der Waals surface area contributed by atoms with E-state index in [0.29, 0.717) is 0 Å². The molecule has 0 aliphatic carbocycles. The van der Waals surface area contributed by atoms with Gasteiger partial charge in [0.1, 0.15) is 6.04 Å². The second kappa shape index (κ2) is 7.67. The maximum atomic E-state index is 5.09. The van der Waals surface area contributed by atoms with Crippen LogP contribution in [0.2, 0.25) is 0 Å². The quantitative estimate of drug-likeness (QED) is 0.703. The number of likely N-dealkylation sites (N-methyl/N-ethyl adjacent to an activating group) is 1. The van der Waals surface area contributed by atoms with Crippen molar-refractivity contribution in [3.8, 4) is 0 Å². The van der Waals surface area contributed by atoms with Crippen molar-refractivity contribution < 1.29 is 0 Å². The standard InChI is InChI=1S/C24H25N3/c1-18(19-12-6-3-7-13-19)25-24-26-22(20-14-8-4-9-15-20)23(27(24)2)21-16-10-5-11-17-21/h3-18,22-23H,1-2H3,(H,25,26)/t18-,22-,23-/m0/s1. The van der Waals surface area contributed by atoms with Crippen molar-refractivity contribution >= 4 is 5.96 Å². The first-order valence-electron chi connectivity index (χ1n) is 9.46. The largest absolute Gasteiger partial charge is 0.350 e. The lowest BCUT2D eigenvalue weighted by atomic mass is 9.94.